The molecule has 0 saturated heterocycles. The highest BCUT2D eigenvalue weighted by atomic mass is 35.5. The van der Waals surface area contributed by atoms with E-state index in [0.717, 1.165) is 0 Å². The van der Waals surface area contributed by atoms with Gasteiger partial charge < -0.3 is 0 Å². The van der Waals surface area contributed by atoms with Crippen LogP contribution >= 0.6 is 11.6 Å². The molecule has 0 atom stereocenters. The predicted molar refractivity (Wildman–Crippen MR) is 57.6 cm³/mol. The normalized spacial score (nSPS) is 9.56. The van der Waals surface area contributed by atoms with Gasteiger partial charge in [-0.05, 0) is 18.6 Å². The first kappa shape index (κ1) is 12.1. The smallest absolute Gasteiger partial charge is 0.281 e. The fourth-order valence-corrected chi connectivity index (χ4v) is 1.49. The Balaban J connectivity index is 3.59. The van der Waals surface area contributed by atoms with Gasteiger partial charge in [-0.15, -0.1) is 11.6 Å². The van der Waals surface area contributed by atoms with Crippen molar-refractivity contribution in [2.45, 2.75) is 6.92 Å². The highest BCUT2D eigenvalue weighted by Crippen LogP contribution is 2.25. The Morgan fingerprint density at radius 1 is 1.62 bits per heavy atom. The number of rotatable bonds is 3. The quantitative estimate of drug-likeness (QED) is 0.350. The Bertz CT molecular complexity index is 506. The van der Waals surface area contributed by atoms with E-state index in [-0.39, 0.29) is 16.8 Å². The average molecular weight is 239 g/mol. The van der Waals surface area contributed by atoms with Crippen molar-refractivity contribution in [3.05, 3.63) is 38.9 Å². The first-order valence-corrected chi connectivity index (χ1v) is 4.83. The first-order chi connectivity index (χ1) is 7.51. The van der Waals surface area contributed by atoms with Crippen LogP contribution in [0.3, 0.4) is 0 Å². The third kappa shape index (κ3) is 2.18. The number of Topliss-reactive ketones (excluding diaryl/α,β-unsaturated/α-hetero) is 1. The molecule has 5 nitrogen and oxygen atoms in total. The van der Waals surface area contributed by atoms with Gasteiger partial charge in [0.25, 0.3) is 5.69 Å². The predicted octanol–water partition coefficient (Wildman–Crippen LogP) is 2.20. The minimum Gasteiger partial charge on any atom is -0.293 e. The van der Waals surface area contributed by atoms with Gasteiger partial charge in [0.1, 0.15) is 11.6 Å². The molecule has 0 fully saturated rings. The number of ketones is 1. The van der Waals surface area contributed by atoms with Gasteiger partial charge in [-0.25, -0.2) is 0 Å². The van der Waals surface area contributed by atoms with E-state index >= 15 is 0 Å². The zero-order chi connectivity index (χ0) is 12.3. The van der Waals surface area contributed by atoms with Crippen LogP contribution in [0.15, 0.2) is 12.1 Å². The van der Waals surface area contributed by atoms with Crippen LogP contribution in [0.1, 0.15) is 21.5 Å². The molecule has 0 aliphatic rings. The summed E-state index contributed by atoms with van der Waals surface area (Å²) < 4.78 is 0. The molecule has 1 rings (SSSR count). The van der Waals surface area contributed by atoms with Gasteiger partial charge in [-0.1, -0.05) is 0 Å². The standard InChI is InChI=1S/C10H7ClN2O3/c1-6-2-7(5-12)10(9(14)4-11)8(3-6)13(15)16/h2-3H,4H2,1H3. The largest absolute Gasteiger partial charge is 0.293 e. The topological polar surface area (TPSA) is 84.0 Å². The van der Waals surface area contributed by atoms with Gasteiger partial charge in [-0.2, -0.15) is 5.26 Å². The summed E-state index contributed by atoms with van der Waals surface area (Å²) in [4.78, 5) is 21.5. The Kier molecular flexibility index (Phi) is 3.59. The molecule has 0 radical (unpaired) electrons. The Hall–Kier alpha value is -1.93. The molecule has 0 N–H and O–H groups in total. The van der Waals surface area contributed by atoms with Crippen LogP contribution in [0, 0.1) is 28.4 Å². The number of carbonyl (C=O) groups excluding carboxylic acids is 1. The highest BCUT2D eigenvalue weighted by Gasteiger charge is 2.24. The molecule has 1 aromatic rings. The number of aryl methyl sites for hydroxylation is 1. The lowest BCUT2D eigenvalue weighted by Gasteiger charge is -2.03. The van der Waals surface area contributed by atoms with Crippen molar-refractivity contribution in [1.29, 1.82) is 5.26 Å². The monoisotopic (exact) mass is 238 g/mol. The number of nitro benzene ring substituents is 1. The molecule has 16 heavy (non-hydrogen) atoms. The van der Waals surface area contributed by atoms with Crippen molar-refractivity contribution in [2.75, 3.05) is 5.88 Å². The third-order valence-corrected chi connectivity index (χ3v) is 2.22. The summed E-state index contributed by atoms with van der Waals surface area (Å²) in [6, 6.07) is 4.44. The second kappa shape index (κ2) is 4.73. The molecule has 0 spiro atoms. The van der Waals surface area contributed by atoms with Crippen LogP contribution < -0.4 is 0 Å². The van der Waals surface area contributed by atoms with Crippen LogP contribution in [0.5, 0.6) is 0 Å². The summed E-state index contributed by atoms with van der Waals surface area (Å²) in [5, 5.41) is 19.6. The lowest BCUT2D eigenvalue weighted by Crippen LogP contribution is -2.08. The number of hydrogen-bond acceptors (Lipinski definition) is 4. The molecule has 0 aliphatic carbocycles. The summed E-state index contributed by atoms with van der Waals surface area (Å²) in [5.41, 5.74) is -0.0537. The lowest BCUT2D eigenvalue weighted by molar-refractivity contribution is -0.385. The fourth-order valence-electron chi connectivity index (χ4n) is 1.36. The molecule has 82 valence electrons. The number of halogens is 1. The van der Waals surface area contributed by atoms with Crippen LogP contribution in [0.4, 0.5) is 5.69 Å². The zero-order valence-corrected chi connectivity index (χ0v) is 9.11. The zero-order valence-electron chi connectivity index (χ0n) is 8.36. The lowest BCUT2D eigenvalue weighted by atomic mass is 10.0. The van der Waals surface area contributed by atoms with E-state index in [2.05, 4.69) is 0 Å². The number of carbonyl (C=O) groups is 1. The van der Waals surface area contributed by atoms with Crippen molar-refractivity contribution < 1.29 is 9.72 Å². The molecule has 0 aliphatic heterocycles. The summed E-state index contributed by atoms with van der Waals surface area (Å²) in [5.74, 6) is -1.01. The molecular weight excluding hydrogens is 232 g/mol. The van der Waals surface area contributed by atoms with Gasteiger partial charge in [0.2, 0.25) is 0 Å². The number of hydrogen-bond donors (Lipinski definition) is 0. The Morgan fingerprint density at radius 3 is 2.69 bits per heavy atom. The maximum absolute atomic E-state index is 11.4. The van der Waals surface area contributed by atoms with Gasteiger partial charge in [0.05, 0.1) is 16.4 Å². The molecule has 0 saturated carbocycles. The van der Waals surface area contributed by atoms with E-state index < -0.39 is 16.6 Å². The second-order valence-corrected chi connectivity index (χ2v) is 3.40. The molecule has 0 bridgehead atoms. The molecule has 0 unspecified atom stereocenters. The minimum atomic E-state index is -0.687. The number of nitro groups is 1. The third-order valence-electron chi connectivity index (χ3n) is 1.98. The van der Waals surface area contributed by atoms with E-state index in [1.807, 2.05) is 0 Å². The van der Waals surface area contributed by atoms with Gasteiger partial charge in [0.15, 0.2) is 5.78 Å². The van der Waals surface area contributed by atoms with E-state index in [1.54, 1.807) is 13.0 Å². The molecule has 0 heterocycles. The molecule has 0 amide bonds. The minimum absolute atomic E-state index is 0.0163. The van der Waals surface area contributed by atoms with Crippen molar-refractivity contribution in [3.8, 4) is 6.07 Å². The average Bonchev–Trinajstić information content (AvgIpc) is 2.26. The van der Waals surface area contributed by atoms with Gasteiger partial charge >= 0.3 is 0 Å². The number of benzene rings is 1. The Labute approximate surface area is 96.4 Å². The molecular formula is C10H7ClN2O3. The van der Waals surface area contributed by atoms with E-state index in [4.69, 9.17) is 16.9 Å². The van der Waals surface area contributed by atoms with Crippen LogP contribution in [0.2, 0.25) is 0 Å². The summed E-state index contributed by atoms with van der Waals surface area (Å²) in [6.07, 6.45) is 0. The van der Waals surface area contributed by atoms with Crippen molar-refractivity contribution >= 4 is 23.1 Å². The van der Waals surface area contributed by atoms with E-state index in [9.17, 15) is 14.9 Å². The number of nitriles is 1. The molecule has 0 aromatic heterocycles. The fraction of sp³-hybridized carbons (Fsp3) is 0.200. The van der Waals surface area contributed by atoms with Gasteiger partial charge in [-0.3, -0.25) is 14.9 Å². The summed E-state index contributed by atoms with van der Waals surface area (Å²) >= 11 is 5.35. The van der Waals surface area contributed by atoms with E-state index in [1.165, 1.54) is 12.1 Å². The SMILES string of the molecule is Cc1cc(C#N)c(C(=O)CCl)c([N+](=O)[O-])c1. The van der Waals surface area contributed by atoms with Crippen LogP contribution in [-0.2, 0) is 0 Å². The second-order valence-electron chi connectivity index (χ2n) is 3.13. The van der Waals surface area contributed by atoms with Crippen molar-refractivity contribution in [3.63, 3.8) is 0 Å². The number of nitrogens with zero attached hydrogens (tertiary/aromatic N) is 2. The molecule has 1 aromatic carbocycles. The maximum Gasteiger partial charge on any atom is 0.281 e. The molecule has 6 heteroatoms. The van der Waals surface area contributed by atoms with Crippen LogP contribution in [0.25, 0.3) is 0 Å². The first-order valence-electron chi connectivity index (χ1n) is 4.29. The van der Waals surface area contributed by atoms with E-state index in [0.29, 0.717) is 5.56 Å². The maximum atomic E-state index is 11.4. The summed E-state index contributed by atoms with van der Waals surface area (Å²) in [6.45, 7) is 1.61. The Morgan fingerprint density at radius 2 is 2.25 bits per heavy atom. The van der Waals surface area contributed by atoms with Crippen LogP contribution in [-0.4, -0.2) is 16.6 Å². The highest BCUT2D eigenvalue weighted by molar-refractivity contribution is 6.31. The van der Waals surface area contributed by atoms with Crippen molar-refractivity contribution in [1.82, 2.24) is 0 Å². The van der Waals surface area contributed by atoms with Crippen molar-refractivity contribution in [2.24, 2.45) is 0 Å². The number of alkyl halides is 1. The summed E-state index contributed by atoms with van der Waals surface area (Å²) in [7, 11) is 0. The van der Waals surface area contributed by atoms with Gasteiger partial charge in [0, 0.05) is 6.07 Å².